The molecule has 2 amide bonds. The van der Waals surface area contributed by atoms with Crippen LogP contribution in [0.3, 0.4) is 0 Å². The second-order valence-corrected chi connectivity index (χ2v) is 2.99. The van der Waals surface area contributed by atoms with E-state index in [9.17, 15) is 9.59 Å². The molecule has 0 spiro atoms. The Kier molecular flexibility index (Phi) is 4.18. The molecule has 0 aliphatic carbocycles. The van der Waals surface area contributed by atoms with Gasteiger partial charge in [0, 0.05) is 6.54 Å². The molecule has 3 N–H and O–H groups in total. The van der Waals surface area contributed by atoms with Crippen LogP contribution in [-0.2, 0) is 9.53 Å². The van der Waals surface area contributed by atoms with Gasteiger partial charge < -0.3 is 20.5 Å². The van der Waals surface area contributed by atoms with Gasteiger partial charge in [-0.05, 0) is 12.8 Å². The molecule has 1 unspecified atom stereocenters. The average molecular weight is 202 g/mol. The molecule has 80 valence electrons. The number of hydrogen-bond acceptors (Lipinski definition) is 4. The van der Waals surface area contributed by atoms with E-state index in [1.165, 1.54) is 0 Å². The highest BCUT2D eigenvalue weighted by atomic mass is 16.6. The van der Waals surface area contributed by atoms with Crippen molar-refractivity contribution in [1.82, 2.24) is 10.6 Å². The minimum Gasteiger partial charge on any atom is -0.447 e. The van der Waals surface area contributed by atoms with Crippen LogP contribution in [0.2, 0.25) is 0 Å². The van der Waals surface area contributed by atoms with Gasteiger partial charge in [0.05, 0.1) is 6.61 Å². The third-order valence-electron chi connectivity index (χ3n) is 1.90. The van der Waals surface area contributed by atoms with Crippen LogP contribution >= 0.6 is 0 Å². The molecule has 14 heavy (non-hydrogen) atoms. The monoisotopic (exact) mass is 202 g/mol. The van der Waals surface area contributed by atoms with Crippen molar-refractivity contribution in [3.05, 3.63) is 0 Å². The molecule has 0 radical (unpaired) electrons. The largest absolute Gasteiger partial charge is 0.447 e. The highest BCUT2D eigenvalue weighted by molar-refractivity contribution is 5.86. The third-order valence-corrected chi connectivity index (χ3v) is 1.90. The summed E-state index contributed by atoms with van der Waals surface area (Å²) in [5.41, 5.74) is 0. The van der Waals surface area contributed by atoms with Gasteiger partial charge in [-0.2, -0.15) is 0 Å². The Hall–Kier alpha value is -1.30. The first-order valence-corrected chi connectivity index (χ1v) is 4.56. The molecule has 1 rings (SSSR count). The number of nitrogens with one attached hydrogen (secondary N) is 2. The van der Waals surface area contributed by atoms with E-state index in [1.807, 2.05) is 0 Å². The van der Waals surface area contributed by atoms with Crippen molar-refractivity contribution in [2.75, 3.05) is 19.8 Å². The average Bonchev–Trinajstić information content (AvgIpc) is 2.18. The van der Waals surface area contributed by atoms with E-state index >= 15 is 0 Å². The van der Waals surface area contributed by atoms with E-state index in [0.717, 1.165) is 6.42 Å². The molecule has 1 heterocycles. The fraction of sp³-hybridized carbons (Fsp3) is 0.750. The molecule has 0 aromatic heterocycles. The number of carbonyl (C=O) groups is 2. The van der Waals surface area contributed by atoms with Crippen LogP contribution in [0.15, 0.2) is 0 Å². The molecule has 1 atom stereocenters. The Bertz CT molecular complexity index is 219. The van der Waals surface area contributed by atoms with Crippen molar-refractivity contribution in [1.29, 1.82) is 0 Å². The molecule has 1 saturated heterocycles. The fourth-order valence-corrected chi connectivity index (χ4v) is 1.23. The summed E-state index contributed by atoms with van der Waals surface area (Å²) in [5, 5.41) is 13.4. The lowest BCUT2D eigenvalue weighted by molar-refractivity contribution is -0.124. The van der Waals surface area contributed by atoms with Gasteiger partial charge in [-0.25, -0.2) is 4.79 Å². The standard InChI is InChI=1S/C8H14N2O4/c11-4-5-14-8(13)10-6-2-1-3-9-7(6)12/h6,11H,1-5H2,(H,9,12)(H,10,13). The maximum Gasteiger partial charge on any atom is 0.407 e. The van der Waals surface area contributed by atoms with Crippen molar-refractivity contribution in [2.24, 2.45) is 0 Å². The second-order valence-electron chi connectivity index (χ2n) is 2.99. The number of hydrogen-bond donors (Lipinski definition) is 3. The summed E-state index contributed by atoms with van der Waals surface area (Å²) in [7, 11) is 0. The Balaban J connectivity index is 2.27. The Morgan fingerprint density at radius 2 is 2.50 bits per heavy atom. The summed E-state index contributed by atoms with van der Waals surface area (Å²) in [6.45, 7) is 0.382. The summed E-state index contributed by atoms with van der Waals surface area (Å²) in [6, 6.07) is -0.505. The zero-order chi connectivity index (χ0) is 10.4. The molecule has 0 aromatic carbocycles. The lowest BCUT2D eigenvalue weighted by atomic mass is 10.1. The maximum absolute atomic E-state index is 11.2. The molecule has 1 fully saturated rings. The van der Waals surface area contributed by atoms with E-state index in [0.29, 0.717) is 13.0 Å². The van der Waals surface area contributed by atoms with Crippen molar-refractivity contribution < 1.29 is 19.4 Å². The minimum absolute atomic E-state index is 0.0554. The summed E-state index contributed by atoms with van der Waals surface area (Å²) in [5.74, 6) is -0.183. The fourth-order valence-electron chi connectivity index (χ4n) is 1.23. The summed E-state index contributed by atoms with van der Waals surface area (Å²) in [6.07, 6.45) is 0.803. The maximum atomic E-state index is 11.2. The smallest absolute Gasteiger partial charge is 0.407 e. The molecular weight excluding hydrogens is 188 g/mol. The van der Waals surface area contributed by atoms with Crippen LogP contribution < -0.4 is 10.6 Å². The molecule has 1 aliphatic heterocycles. The van der Waals surface area contributed by atoms with Gasteiger partial charge in [0.1, 0.15) is 12.6 Å². The van der Waals surface area contributed by atoms with Gasteiger partial charge in [0.25, 0.3) is 0 Å². The number of ether oxygens (including phenoxy) is 1. The van der Waals surface area contributed by atoms with Gasteiger partial charge in [-0.1, -0.05) is 0 Å². The number of carbonyl (C=O) groups excluding carboxylic acids is 2. The first-order chi connectivity index (χ1) is 6.74. The number of amides is 2. The number of rotatable bonds is 3. The van der Waals surface area contributed by atoms with Crippen molar-refractivity contribution in [3.63, 3.8) is 0 Å². The van der Waals surface area contributed by atoms with Crippen molar-refractivity contribution in [3.8, 4) is 0 Å². The zero-order valence-electron chi connectivity index (χ0n) is 7.78. The second kappa shape index (κ2) is 5.43. The minimum atomic E-state index is -0.666. The van der Waals surface area contributed by atoms with Crippen LogP contribution in [0, 0.1) is 0 Å². The Labute approximate surface area is 81.6 Å². The van der Waals surface area contributed by atoms with Crippen LogP contribution in [0.1, 0.15) is 12.8 Å². The van der Waals surface area contributed by atoms with Crippen LogP contribution in [0.25, 0.3) is 0 Å². The highest BCUT2D eigenvalue weighted by Crippen LogP contribution is 2.02. The lowest BCUT2D eigenvalue weighted by Gasteiger charge is -2.22. The first-order valence-electron chi connectivity index (χ1n) is 4.56. The van der Waals surface area contributed by atoms with Crippen LogP contribution in [-0.4, -0.2) is 42.9 Å². The quantitative estimate of drug-likeness (QED) is 0.547. The van der Waals surface area contributed by atoms with E-state index < -0.39 is 12.1 Å². The van der Waals surface area contributed by atoms with E-state index in [1.54, 1.807) is 0 Å². The zero-order valence-corrected chi connectivity index (χ0v) is 7.78. The van der Waals surface area contributed by atoms with E-state index in [4.69, 9.17) is 5.11 Å². The molecule has 6 nitrogen and oxygen atoms in total. The Morgan fingerprint density at radius 3 is 3.14 bits per heavy atom. The number of piperidine rings is 1. The van der Waals surface area contributed by atoms with E-state index in [-0.39, 0.29) is 19.1 Å². The number of aliphatic hydroxyl groups is 1. The van der Waals surface area contributed by atoms with Gasteiger partial charge in [-0.3, -0.25) is 4.79 Å². The molecule has 1 aliphatic rings. The van der Waals surface area contributed by atoms with Crippen LogP contribution in [0.5, 0.6) is 0 Å². The van der Waals surface area contributed by atoms with Crippen molar-refractivity contribution >= 4 is 12.0 Å². The summed E-state index contributed by atoms with van der Waals surface area (Å²) < 4.78 is 4.56. The molecule has 0 saturated carbocycles. The van der Waals surface area contributed by atoms with Crippen molar-refractivity contribution in [2.45, 2.75) is 18.9 Å². The number of aliphatic hydroxyl groups excluding tert-OH is 1. The lowest BCUT2D eigenvalue weighted by Crippen LogP contribution is -2.50. The summed E-state index contributed by atoms with van der Waals surface area (Å²) >= 11 is 0. The summed E-state index contributed by atoms with van der Waals surface area (Å²) in [4.78, 5) is 22.2. The molecule has 6 heteroatoms. The normalized spacial score (nSPS) is 21.2. The third kappa shape index (κ3) is 3.21. The van der Waals surface area contributed by atoms with Gasteiger partial charge >= 0.3 is 6.09 Å². The SMILES string of the molecule is O=C(NC1CCCNC1=O)OCCO. The molecule has 0 bridgehead atoms. The first kappa shape index (κ1) is 10.8. The number of alkyl carbamates (subject to hydrolysis) is 1. The topological polar surface area (TPSA) is 87.7 Å². The highest BCUT2D eigenvalue weighted by Gasteiger charge is 2.23. The predicted molar refractivity (Wildman–Crippen MR) is 47.6 cm³/mol. The van der Waals surface area contributed by atoms with E-state index in [2.05, 4.69) is 15.4 Å². The molecule has 0 aromatic rings. The van der Waals surface area contributed by atoms with Gasteiger partial charge in [0.15, 0.2) is 0 Å². The van der Waals surface area contributed by atoms with Crippen LogP contribution in [0.4, 0.5) is 4.79 Å². The Morgan fingerprint density at radius 1 is 1.71 bits per heavy atom. The van der Waals surface area contributed by atoms with Gasteiger partial charge in [0.2, 0.25) is 5.91 Å². The van der Waals surface area contributed by atoms with Gasteiger partial charge in [-0.15, -0.1) is 0 Å². The molecular formula is C8H14N2O4. The predicted octanol–water partition coefficient (Wildman–Crippen LogP) is -1.02.